The van der Waals surface area contributed by atoms with Gasteiger partial charge in [-0.3, -0.25) is 9.78 Å². The Morgan fingerprint density at radius 1 is 1.25 bits per heavy atom. The van der Waals surface area contributed by atoms with Crippen molar-refractivity contribution < 1.29 is 5.11 Å². The molecule has 0 spiro atoms. The summed E-state index contributed by atoms with van der Waals surface area (Å²) in [4.78, 5) is 26.0. The van der Waals surface area contributed by atoms with Crippen molar-refractivity contribution in [3.8, 4) is 11.6 Å². The number of rotatable bonds is 2. The maximum Gasteiger partial charge on any atom is 0.335 e. The van der Waals surface area contributed by atoms with Crippen molar-refractivity contribution >= 4 is 15.9 Å². The van der Waals surface area contributed by atoms with Gasteiger partial charge < -0.3 is 5.11 Å². The molecule has 2 aromatic rings. The molecule has 0 saturated heterocycles. The normalized spacial score (nSPS) is 10.8. The summed E-state index contributed by atoms with van der Waals surface area (Å²) in [6.45, 7) is 5.44. The Morgan fingerprint density at radius 3 is 2.30 bits per heavy atom. The third-order valence-electron chi connectivity index (χ3n) is 3.21. The lowest BCUT2D eigenvalue weighted by Crippen LogP contribution is -2.31. The minimum Gasteiger partial charge on any atom is -0.494 e. The number of halogens is 1. The molecule has 0 radical (unpaired) electrons. The Kier molecular flexibility index (Phi) is 3.85. The standard InChI is InChI=1S/C14H15BrN2O3/c1-4-10-12(18)16-14(20)17(13(10)19)11-7(2)5-9(15)6-8(11)3/h5-6,19H,4H2,1-3H3,(H,16,18,20). The van der Waals surface area contributed by atoms with Crippen LogP contribution in [0.5, 0.6) is 5.88 Å². The van der Waals surface area contributed by atoms with Gasteiger partial charge in [0.2, 0.25) is 5.88 Å². The van der Waals surface area contributed by atoms with Crippen molar-refractivity contribution in [1.29, 1.82) is 0 Å². The molecule has 20 heavy (non-hydrogen) atoms. The molecule has 0 bridgehead atoms. The largest absolute Gasteiger partial charge is 0.494 e. The molecule has 0 saturated carbocycles. The molecule has 6 heteroatoms. The number of aromatic amines is 1. The highest BCUT2D eigenvalue weighted by Gasteiger charge is 2.17. The van der Waals surface area contributed by atoms with E-state index in [0.29, 0.717) is 12.1 Å². The average Bonchev–Trinajstić information content (AvgIpc) is 2.32. The highest BCUT2D eigenvalue weighted by Crippen LogP contribution is 2.26. The predicted octanol–water partition coefficient (Wildman–Crippen LogP) is 2.17. The van der Waals surface area contributed by atoms with E-state index >= 15 is 0 Å². The molecule has 0 aliphatic heterocycles. The molecule has 5 nitrogen and oxygen atoms in total. The van der Waals surface area contributed by atoms with E-state index in [-0.39, 0.29) is 11.4 Å². The van der Waals surface area contributed by atoms with Crippen LogP contribution in [0.3, 0.4) is 0 Å². The Balaban J connectivity index is 2.91. The first-order valence-electron chi connectivity index (χ1n) is 6.21. The van der Waals surface area contributed by atoms with Crippen LogP contribution in [-0.2, 0) is 6.42 Å². The molecular weight excluding hydrogens is 324 g/mol. The van der Waals surface area contributed by atoms with Crippen LogP contribution in [0.15, 0.2) is 26.2 Å². The highest BCUT2D eigenvalue weighted by molar-refractivity contribution is 9.10. The van der Waals surface area contributed by atoms with E-state index in [9.17, 15) is 14.7 Å². The topological polar surface area (TPSA) is 75.1 Å². The molecule has 2 rings (SSSR count). The van der Waals surface area contributed by atoms with E-state index in [2.05, 4.69) is 20.9 Å². The Hall–Kier alpha value is -1.82. The van der Waals surface area contributed by atoms with Crippen LogP contribution >= 0.6 is 15.9 Å². The van der Waals surface area contributed by atoms with Crippen LogP contribution in [0.4, 0.5) is 0 Å². The third-order valence-corrected chi connectivity index (χ3v) is 3.67. The van der Waals surface area contributed by atoms with E-state index in [1.165, 1.54) is 0 Å². The first kappa shape index (κ1) is 14.6. The quantitative estimate of drug-likeness (QED) is 0.881. The summed E-state index contributed by atoms with van der Waals surface area (Å²) < 4.78 is 2.04. The lowest BCUT2D eigenvalue weighted by molar-refractivity contribution is 0.423. The number of aromatic hydroxyl groups is 1. The Bertz CT molecular complexity index is 767. The van der Waals surface area contributed by atoms with Crippen molar-refractivity contribution in [2.24, 2.45) is 0 Å². The molecule has 0 atom stereocenters. The maximum atomic E-state index is 12.1. The Morgan fingerprint density at radius 2 is 1.80 bits per heavy atom. The Labute approximate surface area is 124 Å². The van der Waals surface area contributed by atoms with Crippen LogP contribution < -0.4 is 11.2 Å². The number of nitrogens with one attached hydrogen (secondary N) is 1. The van der Waals surface area contributed by atoms with Crippen LogP contribution in [-0.4, -0.2) is 14.7 Å². The van der Waals surface area contributed by atoms with Crippen molar-refractivity contribution in [3.05, 3.63) is 54.1 Å². The summed E-state index contributed by atoms with van der Waals surface area (Å²) in [6, 6.07) is 3.70. The van der Waals surface area contributed by atoms with Crippen molar-refractivity contribution in [1.82, 2.24) is 9.55 Å². The second-order valence-corrected chi connectivity index (χ2v) is 5.55. The van der Waals surface area contributed by atoms with Gasteiger partial charge in [0.05, 0.1) is 11.3 Å². The second-order valence-electron chi connectivity index (χ2n) is 4.64. The molecule has 0 aliphatic carbocycles. The minimum atomic E-state index is -0.641. The summed E-state index contributed by atoms with van der Waals surface area (Å²) in [5, 5.41) is 10.3. The lowest BCUT2D eigenvalue weighted by Gasteiger charge is -2.15. The number of hydrogen-bond donors (Lipinski definition) is 2. The summed E-state index contributed by atoms with van der Waals surface area (Å²) in [7, 11) is 0. The summed E-state index contributed by atoms with van der Waals surface area (Å²) >= 11 is 3.39. The van der Waals surface area contributed by atoms with Crippen LogP contribution in [0, 0.1) is 13.8 Å². The average molecular weight is 339 g/mol. The number of H-pyrrole nitrogens is 1. The van der Waals surface area contributed by atoms with Gasteiger partial charge in [-0.05, 0) is 43.5 Å². The zero-order valence-corrected chi connectivity index (χ0v) is 13.0. The van der Waals surface area contributed by atoms with Crippen LogP contribution in [0.1, 0.15) is 23.6 Å². The number of aryl methyl sites for hydroxylation is 2. The molecule has 1 aromatic carbocycles. The summed E-state index contributed by atoms with van der Waals surface area (Å²) in [5.74, 6) is -0.297. The van der Waals surface area contributed by atoms with Gasteiger partial charge in [-0.2, -0.15) is 0 Å². The van der Waals surface area contributed by atoms with Crippen LogP contribution in [0.25, 0.3) is 5.69 Å². The van der Waals surface area contributed by atoms with Crippen LogP contribution in [0.2, 0.25) is 0 Å². The van der Waals surface area contributed by atoms with E-state index in [1.54, 1.807) is 6.92 Å². The van der Waals surface area contributed by atoms with Crippen molar-refractivity contribution in [2.45, 2.75) is 27.2 Å². The fraction of sp³-hybridized carbons (Fsp3) is 0.286. The zero-order chi connectivity index (χ0) is 15.0. The molecule has 0 fully saturated rings. The fourth-order valence-electron chi connectivity index (χ4n) is 2.34. The van der Waals surface area contributed by atoms with Gasteiger partial charge in [-0.25, -0.2) is 9.36 Å². The zero-order valence-electron chi connectivity index (χ0n) is 11.5. The smallest absolute Gasteiger partial charge is 0.335 e. The third kappa shape index (κ3) is 2.31. The molecule has 0 unspecified atom stereocenters. The first-order valence-corrected chi connectivity index (χ1v) is 7.00. The molecule has 0 amide bonds. The number of hydrogen-bond acceptors (Lipinski definition) is 3. The monoisotopic (exact) mass is 338 g/mol. The predicted molar refractivity (Wildman–Crippen MR) is 80.9 cm³/mol. The number of aromatic nitrogens is 2. The van der Waals surface area contributed by atoms with E-state index < -0.39 is 11.2 Å². The van der Waals surface area contributed by atoms with Crippen molar-refractivity contribution in [2.75, 3.05) is 0 Å². The van der Waals surface area contributed by atoms with Gasteiger partial charge in [0.1, 0.15) is 0 Å². The van der Waals surface area contributed by atoms with E-state index in [0.717, 1.165) is 20.2 Å². The molecular formula is C14H15BrN2O3. The van der Waals surface area contributed by atoms with E-state index in [1.807, 2.05) is 26.0 Å². The lowest BCUT2D eigenvalue weighted by atomic mass is 10.1. The maximum absolute atomic E-state index is 12.1. The van der Waals surface area contributed by atoms with Crippen molar-refractivity contribution in [3.63, 3.8) is 0 Å². The number of benzene rings is 1. The molecule has 0 aliphatic rings. The van der Waals surface area contributed by atoms with Gasteiger partial charge in [0, 0.05) is 4.47 Å². The van der Waals surface area contributed by atoms with Gasteiger partial charge in [0.15, 0.2) is 0 Å². The van der Waals surface area contributed by atoms with E-state index in [4.69, 9.17) is 0 Å². The van der Waals surface area contributed by atoms with Gasteiger partial charge >= 0.3 is 5.69 Å². The van der Waals surface area contributed by atoms with Gasteiger partial charge in [-0.15, -0.1) is 0 Å². The highest BCUT2D eigenvalue weighted by atomic mass is 79.9. The summed E-state index contributed by atoms with van der Waals surface area (Å²) in [6.07, 6.45) is 0.343. The molecule has 2 N–H and O–H groups in total. The van der Waals surface area contributed by atoms with Gasteiger partial charge in [-0.1, -0.05) is 22.9 Å². The minimum absolute atomic E-state index is 0.200. The molecule has 1 heterocycles. The second kappa shape index (κ2) is 5.28. The summed E-state index contributed by atoms with van der Waals surface area (Å²) in [5.41, 5.74) is 1.25. The molecule has 1 aromatic heterocycles. The number of nitrogens with zero attached hydrogens (tertiary/aromatic N) is 1. The first-order chi connectivity index (χ1) is 9.36. The van der Waals surface area contributed by atoms with Gasteiger partial charge in [0.25, 0.3) is 5.56 Å². The fourth-order valence-corrected chi connectivity index (χ4v) is 3.03. The molecule has 106 valence electrons. The SMILES string of the molecule is CCc1c(O)n(-c2c(C)cc(Br)cc2C)c(=O)[nH]c1=O.